The number of anilines is 2. The number of ether oxygens (including phenoxy) is 1. The van der Waals surface area contributed by atoms with Gasteiger partial charge in [-0.1, -0.05) is 26.3 Å². The highest BCUT2D eigenvalue weighted by atomic mass is 16.5. The van der Waals surface area contributed by atoms with Crippen LogP contribution in [0, 0.1) is 0 Å². The molecule has 0 radical (unpaired) electrons. The number of pyridine rings is 1. The second-order valence-corrected chi connectivity index (χ2v) is 4.42. The smallest absolute Gasteiger partial charge is 0.128 e. The van der Waals surface area contributed by atoms with E-state index in [0.717, 1.165) is 37.4 Å². The Bertz CT molecular complexity index is 325. The van der Waals surface area contributed by atoms with E-state index in [1.807, 2.05) is 18.2 Å². The molecule has 0 bridgehead atoms. The Balaban J connectivity index is 2.58. The molecule has 1 atom stereocenters. The SMILES string of the molecule is CCCNc1cccc(NC(CCC)COC)n1. The van der Waals surface area contributed by atoms with Gasteiger partial charge in [0, 0.05) is 13.7 Å². The summed E-state index contributed by atoms with van der Waals surface area (Å²) in [4.78, 5) is 4.54. The maximum atomic E-state index is 5.22. The molecular weight excluding hydrogens is 226 g/mol. The molecule has 102 valence electrons. The molecule has 2 N–H and O–H groups in total. The minimum absolute atomic E-state index is 0.328. The highest BCUT2D eigenvalue weighted by molar-refractivity contribution is 5.45. The van der Waals surface area contributed by atoms with Crippen molar-refractivity contribution in [2.45, 2.75) is 39.2 Å². The maximum Gasteiger partial charge on any atom is 0.128 e. The van der Waals surface area contributed by atoms with Gasteiger partial charge in [-0.15, -0.1) is 0 Å². The van der Waals surface area contributed by atoms with Crippen LogP contribution in [0.15, 0.2) is 18.2 Å². The minimum Gasteiger partial charge on any atom is -0.383 e. The zero-order chi connectivity index (χ0) is 13.2. The van der Waals surface area contributed by atoms with E-state index in [0.29, 0.717) is 12.6 Å². The molecule has 0 spiro atoms. The largest absolute Gasteiger partial charge is 0.383 e. The summed E-state index contributed by atoms with van der Waals surface area (Å²) in [6.45, 7) is 5.98. The molecule has 1 unspecified atom stereocenters. The second kappa shape index (κ2) is 8.75. The quantitative estimate of drug-likeness (QED) is 0.708. The third-order valence-electron chi connectivity index (χ3n) is 2.66. The van der Waals surface area contributed by atoms with Crippen LogP contribution in [0.2, 0.25) is 0 Å². The molecule has 4 heteroatoms. The van der Waals surface area contributed by atoms with Crippen LogP contribution in [0.1, 0.15) is 33.1 Å². The van der Waals surface area contributed by atoms with Gasteiger partial charge in [0.05, 0.1) is 12.6 Å². The average molecular weight is 251 g/mol. The predicted molar refractivity (Wildman–Crippen MR) is 77.2 cm³/mol. The summed E-state index contributed by atoms with van der Waals surface area (Å²) in [5, 5.41) is 6.71. The first kappa shape index (κ1) is 14.8. The van der Waals surface area contributed by atoms with Gasteiger partial charge in [0.15, 0.2) is 0 Å². The molecule has 18 heavy (non-hydrogen) atoms. The minimum atomic E-state index is 0.328. The molecule has 4 nitrogen and oxygen atoms in total. The summed E-state index contributed by atoms with van der Waals surface area (Å²) in [5.41, 5.74) is 0. The van der Waals surface area contributed by atoms with Crippen LogP contribution in [0.3, 0.4) is 0 Å². The second-order valence-electron chi connectivity index (χ2n) is 4.42. The van der Waals surface area contributed by atoms with Gasteiger partial charge in [0.25, 0.3) is 0 Å². The van der Waals surface area contributed by atoms with Gasteiger partial charge in [0.1, 0.15) is 11.6 Å². The van der Waals surface area contributed by atoms with E-state index in [2.05, 4.69) is 29.5 Å². The van der Waals surface area contributed by atoms with Gasteiger partial charge in [0.2, 0.25) is 0 Å². The predicted octanol–water partition coefficient (Wildman–Crippen LogP) is 3.13. The van der Waals surface area contributed by atoms with Gasteiger partial charge in [-0.05, 0) is 25.0 Å². The Morgan fingerprint density at radius 1 is 1.22 bits per heavy atom. The van der Waals surface area contributed by atoms with Crippen LogP contribution in [0.25, 0.3) is 0 Å². The Labute approximate surface area is 110 Å². The number of rotatable bonds is 9. The van der Waals surface area contributed by atoms with Gasteiger partial charge < -0.3 is 15.4 Å². The first-order valence-corrected chi connectivity index (χ1v) is 6.76. The fourth-order valence-corrected chi connectivity index (χ4v) is 1.82. The van der Waals surface area contributed by atoms with Crippen LogP contribution < -0.4 is 10.6 Å². The van der Waals surface area contributed by atoms with E-state index in [1.54, 1.807) is 7.11 Å². The van der Waals surface area contributed by atoms with Gasteiger partial charge in [-0.3, -0.25) is 0 Å². The summed E-state index contributed by atoms with van der Waals surface area (Å²) in [6, 6.07) is 6.33. The van der Waals surface area contributed by atoms with E-state index in [9.17, 15) is 0 Å². The topological polar surface area (TPSA) is 46.2 Å². The molecule has 0 aliphatic heterocycles. The fraction of sp³-hybridized carbons (Fsp3) is 0.643. The van der Waals surface area contributed by atoms with Crippen molar-refractivity contribution in [3.63, 3.8) is 0 Å². The summed E-state index contributed by atoms with van der Waals surface area (Å²) in [7, 11) is 1.73. The molecule has 0 aliphatic carbocycles. The molecule has 0 aliphatic rings. The van der Waals surface area contributed by atoms with Crippen molar-refractivity contribution in [1.29, 1.82) is 0 Å². The van der Waals surface area contributed by atoms with Crippen LogP contribution in [-0.4, -0.2) is 31.3 Å². The van der Waals surface area contributed by atoms with E-state index < -0.39 is 0 Å². The van der Waals surface area contributed by atoms with Crippen molar-refractivity contribution in [1.82, 2.24) is 4.98 Å². The van der Waals surface area contributed by atoms with Crippen LogP contribution in [0.4, 0.5) is 11.6 Å². The lowest BCUT2D eigenvalue weighted by molar-refractivity contribution is 0.182. The van der Waals surface area contributed by atoms with Gasteiger partial charge >= 0.3 is 0 Å². The lowest BCUT2D eigenvalue weighted by Gasteiger charge is -2.18. The van der Waals surface area contributed by atoms with Crippen molar-refractivity contribution >= 4 is 11.6 Å². The molecule has 1 aromatic rings. The Kier molecular flexibility index (Phi) is 7.18. The highest BCUT2D eigenvalue weighted by Crippen LogP contribution is 2.12. The number of nitrogens with one attached hydrogen (secondary N) is 2. The number of hydrogen-bond donors (Lipinski definition) is 2. The number of nitrogens with zero attached hydrogens (tertiary/aromatic N) is 1. The van der Waals surface area contributed by atoms with E-state index in [1.165, 1.54) is 0 Å². The molecule has 1 aromatic heterocycles. The summed E-state index contributed by atoms with van der Waals surface area (Å²) in [5.74, 6) is 1.83. The molecule has 0 amide bonds. The molecule has 1 rings (SSSR count). The zero-order valence-electron chi connectivity index (χ0n) is 11.7. The van der Waals surface area contributed by atoms with E-state index in [-0.39, 0.29) is 0 Å². The Morgan fingerprint density at radius 2 is 2.00 bits per heavy atom. The number of hydrogen-bond acceptors (Lipinski definition) is 4. The van der Waals surface area contributed by atoms with Crippen molar-refractivity contribution in [3.05, 3.63) is 18.2 Å². The monoisotopic (exact) mass is 251 g/mol. The van der Waals surface area contributed by atoms with Gasteiger partial charge in [-0.2, -0.15) is 0 Å². The van der Waals surface area contributed by atoms with Crippen molar-refractivity contribution in [2.24, 2.45) is 0 Å². The van der Waals surface area contributed by atoms with Gasteiger partial charge in [-0.25, -0.2) is 4.98 Å². The highest BCUT2D eigenvalue weighted by Gasteiger charge is 2.07. The molecular formula is C14H25N3O. The van der Waals surface area contributed by atoms with Crippen LogP contribution in [0.5, 0.6) is 0 Å². The van der Waals surface area contributed by atoms with Crippen molar-refractivity contribution in [2.75, 3.05) is 30.9 Å². The first-order chi connectivity index (χ1) is 8.80. The fourth-order valence-electron chi connectivity index (χ4n) is 1.82. The van der Waals surface area contributed by atoms with Crippen LogP contribution >= 0.6 is 0 Å². The zero-order valence-corrected chi connectivity index (χ0v) is 11.7. The average Bonchev–Trinajstić information content (AvgIpc) is 2.37. The standard InChI is InChI=1S/C14H25N3O/c1-4-7-12(11-18-3)16-14-9-6-8-13(17-14)15-10-5-2/h6,8-9,12H,4-5,7,10-11H2,1-3H3,(H2,15,16,17). The summed E-state index contributed by atoms with van der Waals surface area (Å²) >= 11 is 0. The van der Waals surface area contributed by atoms with Crippen molar-refractivity contribution in [3.8, 4) is 0 Å². The Morgan fingerprint density at radius 3 is 2.67 bits per heavy atom. The number of aromatic nitrogens is 1. The molecule has 0 fully saturated rings. The van der Waals surface area contributed by atoms with E-state index in [4.69, 9.17) is 4.74 Å². The molecule has 0 aromatic carbocycles. The van der Waals surface area contributed by atoms with E-state index >= 15 is 0 Å². The maximum absolute atomic E-state index is 5.22. The Hall–Kier alpha value is -1.29. The molecule has 1 heterocycles. The molecule has 0 saturated heterocycles. The normalized spacial score (nSPS) is 12.2. The molecule has 0 saturated carbocycles. The summed E-state index contributed by atoms with van der Waals surface area (Å²) in [6.07, 6.45) is 3.32. The first-order valence-electron chi connectivity index (χ1n) is 6.76. The lowest BCUT2D eigenvalue weighted by atomic mass is 10.2. The third kappa shape index (κ3) is 5.36. The summed E-state index contributed by atoms with van der Waals surface area (Å²) < 4.78 is 5.22. The third-order valence-corrected chi connectivity index (χ3v) is 2.66. The van der Waals surface area contributed by atoms with Crippen molar-refractivity contribution < 1.29 is 4.74 Å². The van der Waals surface area contributed by atoms with Crippen LogP contribution in [-0.2, 0) is 4.74 Å². The lowest BCUT2D eigenvalue weighted by Crippen LogP contribution is -2.25. The number of methoxy groups -OCH3 is 1.